The van der Waals surface area contributed by atoms with Crippen molar-refractivity contribution in [2.75, 3.05) is 46.5 Å². The van der Waals surface area contributed by atoms with Gasteiger partial charge in [0, 0.05) is 31.8 Å². The molecule has 0 aromatic carbocycles. The molecule has 0 spiro atoms. The van der Waals surface area contributed by atoms with Gasteiger partial charge < -0.3 is 30.3 Å². The summed E-state index contributed by atoms with van der Waals surface area (Å²) in [7, 11) is 1.73. The zero-order valence-corrected chi connectivity index (χ0v) is 28.6. The molecule has 2 rings (SSSR count). The average molecular weight is 622 g/mol. The second kappa shape index (κ2) is 17.3. The Morgan fingerprint density at radius 1 is 0.977 bits per heavy atom. The van der Waals surface area contributed by atoms with Crippen LogP contribution in [0.2, 0.25) is 0 Å². The molecule has 0 aromatic rings. The number of hydrogen-bond donors (Lipinski definition) is 3. The van der Waals surface area contributed by atoms with E-state index in [2.05, 4.69) is 29.4 Å². The lowest BCUT2D eigenvalue weighted by Crippen LogP contribution is -2.60. The maximum Gasteiger partial charge on any atom is 0.249 e. The van der Waals surface area contributed by atoms with Gasteiger partial charge in [-0.1, -0.05) is 47.1 Å². The van der Waals surface area contributed by atoms with Gasteiger partial charge in [0.05, 0.1) is 31.9 Å². The quantitative estimate of drug-likeness (QED) is 0.200. The summed E-state index contributed by atoms with van der Waals surface area (Å²) in [5, 5.41) is 14.8. The van der Waals surface area contributed by atoms with E-state index in [1.54, 1.807) is 23.8 Å². The number of aliphatic hydroxyl groups is 1. The number of piperidine rings is 1. The number of likely N-dealkylation sites (N-methyl/N-ethyl adjacent to an activating group) is 1. The van der Waals surface area contributed by atoms with Gasteiger partial charge in [-0.15, -0.1) is 0 Å². The number of nitrogens with one attached hydrogen (secondary N) is 2. The summed E-state index contributed by atoms with van der Waals surface area (Å²) < 4.78 is 5.21. The summed E-state index contributed by atoms with van der Waals surface area (Å²) in [6, 6.07) is -1.72. The van der Waals surface area contributed by atoms with Gasteiger partial charge in [0.15, 0.2) is 0 Å². The molecule has 11 nitrogen and oxygen atoms in total. The third-order valence-corrected chi connectivity index (χ3v) is 8.74. The highest BCUT2D eigenvalue weighted by Crippen LogP contribution is 2.26. The number of nitrogens with zero attached hydrogens (tertiary/aromatic N) is 3. The Morgan fingerprint density at radius 3 is 2.23 bits per heavy atom. The Hall–Kier alpha value is -2.50. The van der Waals surface area contributed by atoms with Crippen molar-refractivity contribution < 1.29 is 29.0 Å². The van der Waals surface area contributed by atoms with Gasteiger partial charge >= 0.3 is 0 Å². The Labute approximate surface area is 265 Å². The maximum atomic E-state index is 14.1. The normalized spacial score (nSPS) is 21.4. The van der Waals surface area contributed by atoms with Crippen LogP contribution in [0.4, 0.5) is 0 Å². The molecule has 44 heavy (non-hydrogen) atoms. The summed E-state index contributed by atoms with van der Waals surface area (Å²) in [5.74, 6) is -0.760. The molecule has 3 N–H and O–H groups in total. The number of likely N-dealkylation sites (tertiary alicyclic amines) is 2. The van der Waals surface area contributed by atoms with Gasteiger partial charge in [0.25, 0.3) is 0 Å². The highest BCUT2D eigenvalue weighted by molar-refractivity contribution is 5.97. The first kappa shape index (κ1) is 37.7. The van der Waals surface area contributed by atoms with E-state index in [4.69, 9.17) is 9.84 Å². The summed E-state index contributed by atoms with van der Waals surface area (Å²) >= 11 is 0. The fraction of sp³-hybridized carbons (Fsp3) is 0.818. The van der Waals surface area contributed by atoms with Gasteiger partial charge in [0.1, 0.15) is 12.1 Å². The number of hydrogen-bond acceptors (Lipinski definition) is 7. The van der Waals surface area contributed by atoms with Crippen molar-refractivity contribution in [1.29, 1.82) is 0 Å². The molecule has 0 radical (unpaired) electrons. The molecule has 2 fully saturated rings. The maximum absolute atomic E-state index is 14.1. The van der Waals surface area contributed by atoms with Crippen molar-refractivity contribution in [3.63, 3.8) is 0 Å². The molecule has 0 unspecified atom stereocenters. The van der Waals surface area contributed by atoms with Crippen molar-refractivity contribution in [3.05, 3.63) is 11.6 Å². The summed E-state index contributed by atoms with van der Waals surface area (Å²) in [6.07, 6.45) is 5.96. The molecule has 0 saturated carbocycles. The minimum atomic E-state index is -0.741. The topological polar surface area (TPSA) is 132 Å². The van der Waals surface area contributed by atoms with Crippen LogP contribution in [0.1, 0.15) is 87.5 Å². The number of carbonyl (C=O) groups excluding carboxylic acids is 4. The molecule has 2 saturated heterocycles. The Balaban J connectivity index is 2.19. The van der Waals surface area contributed by atoms with Crippen molar-refractivity contribution in [2.24, 2.45) is 11.3 Å². The lowest BCUT2D eigenvalue weighted by atomic mass is 9.84. The van der Waals surface area contributed by atoms with E-state index in [-0.39, 0.29) is 61.5 Å². The van der Waals surface area contributed by atoms with E-state index >= 15 is 0 Å². The molecule has 0 bridgehead atoms. The minimum Gasteiger partial charge on any atom is -0.394 e. The molecule has 2 aliphatic rings. The zero-order chi connectivity index (χ0) is 33.2. The van der Waals surface area contributed by atoms with Crippen LogP contribution in [-0.2, 0) is 23.9 Å². The number of amides is 4. The van der Waals surface area contributed by atoms with Gasteiger partial charge in [-0.05, 0) is 64.3 Å². The largest absolute Gasteiger partial charge is 0.394 e. The summed E-state index contributed by atoms with van der Waals surface area (Å²) in [4.78, 5) is 59.6. The first-order valence-electron chi connectivity index (χ1n) is 16.4. The standard InChI is InChI=1S/C33H59N5O6/c1-22(2)27(21-24(5)31(42)38-17-12-14-25(38)29(40)34-15-19-44-20-18-39)36(9)32(43)28(33(6,7)8)35-30(41)26-13-10-11-16-37(26)23(3)4/h21-23,25-28,39H,10-20H2,1-9H3,(H,34,40)(H,35,41)/t25-,26+,27+,28+/m0/s1. The summed E-state index contributed by atoms with van der Waals surface area (Å²) in [6.45, 7) is 17.9. The third kappa shape index (κ3) is 10.3. The van der Waals surface area contributed by atoms with E-state index in [9.17, 15) is 19.2 Å². The molecular formula is C33H59N5O6. The Morgan fingerprint density at radius 2 is 1.64 bits per heavy atom. The number of ether oxygens (including phenoxy) is 1. The lowest BCUT2D eigenvalue weighted by Gasteiger charge is -2.41. The molecule has 252 valence electrons. The average Bonchev–Trinajstić information content (AvgIpc) is 3.46. The number of rotatable bonds is 14. The molecule has 11 heteroatoms. The van der Waals surface area contributed by atoms with Crippen LogP contribution in [0, 0.1) is 11.3 Å². The van der Waals surface area contributed by atoms with E-state index in [1.165, 1.54) is 0 Å². The second-order valence-corrected chi connectivity index (χ2v) is 14.0. The third-order valence-electron chi connectivity index (χ3n) is 8.74. The van der Waals surface area contributed by atoms with Crippen molar-refractivity contribution >= 4 is 23.6 Å². The lowest BCUT2D eigenvalue weighted by molar-refractivity contribution is -0.142. The fourth-order valence-electron chi connectivity index (χ4n) is 6.21. The van der Waals surface area contributed by atoms with Crippen molar-refractivity contribution in [2.45, 2.75) is 118 Å². The molecule has 4 atom stereocenters. The van der Waals surface area contributed by atoms with Gasteiger partial charge in [-0.3, -0.25) is 24.1 Å². The van der Waals surface area contributed by atoms with Crippen LogP contribution < -0.4 is 10.6 Å². The molecule has 2 aliphatic heterocycles. The molecule has 2 heterocycles. The fourth-order valence-corrected chi connectivity index (χ4v) is 6.21. The first-order valence-corrected chi connectivity index (χ1v) is 16.4. The van der Waals surface area contributed by atoms with Crippen LogP contribution in [-0.4, -0.2) is 120 Å². The van der Waals surface area contributed by atoms with E-state index < -0.39 is 23.5 Å². The van der Waals surface area contributed by atoms with E-state index in [0.717, 1.165) is 32.2 Å². The number of carbonyl (C=O) groups is 4. The molecule has 0 aliphatic carbocycles. The van der Waals surface area contributed by atoms with Crippen molar-refractivity contribution in [1.82, 2.24) is 25.3 Å². The summed E-state index contributed by atoms with van der Waals surface area (Å²) in [5.41, 5.74) is -0.0614. The van der Waals surface area contributed by atoms with Gasteiger partial charge in [-0.2, -0.15) is 0 Å². The zero-order valence-electron chi connectivity index (χ0n) is 28.6. The van der Waals surface area contributed by atoms with Crippen LogP contribution in [0.3, 0.4) is 0 Å². The molecule has 0 aromatic heterocycles. The van der Waals surface area contributed by atoms with Gasteiger partial charge in [0.2, 0.25) is 23.6 Å². The second-order valence-electron chi connectivity index (χ2n) is 14.0. The van der Waals surface area contributed by atoms with E-state index in [1.807, 2.05) is 40.7 Å². The highest BCUT2D eigenvalue weighted by Gasteiger charge is 2.40. The number of aliphatic hydroxyl groups excluding tert-OH is 1. The molecular weight excluding hydrogens is 562 g/mol. The predicted octanol–water partition coefficient (Wildman–Crippen LogP) is 2.33. The van der Waals surface area contributed by atoms with Gasteiger partial charge in [-0.25, -0.2) is 0 Å². The Bertz CT molecular complexity index is 1010. The van der Waals surface area contributed by atoms with Crippen LogP contribution in [0.15, 0.2) is 11.6 Å². The smallest absolute Gasteiger partial charge is 0.249 e. The first-order chi connectivity index (χ1) is 20.6. The molecule has 4 amide bonds. The predicted molar refractivity (Wildman–Crippen MR) is 172 cm³/mol. The van der Waals surface area contributed by atoms with Crippen LogP contribution in [0.25, 0.3) is 0 Å². The highest BCUT2D eigenvalue weighted by atomic mass is 16.5. The minimum absolute atomic E-state index is 0.00519. The monoisotopic (exact) mass is 621 g/mol. The SMILES string of the molecule is CC(=C[C@H](C(C)C)N(C)C(=O)[C@@H](NC(=O)[C@H]1CCCCN1C(C)C)C(C)(C)C)C(=O)N1CCC[C@H]1C(=O)NCCOCCO. The van der Waals surface area contributed by atoms with Crippen LogP contribution in [0.5, 0.6) is 0 Å². The van der Waals surface area contributed by atoms with Crippen LogP contribution >= 0.6 is 0 Å². The van der Waals surface area contributed by atoms with Crippen molar-refractivity contribution in [3.8, 4) is 0 Å². The Kier molecular flexibility index (Phi) is 14.8. The van der Waals surface area contributed by atoms with E-state index in [0.29, 0.717) is 25.1 Å².